The summed E-state index contributed by atoms with van der Waals surface area (Å²) in [6.45, 7) is 13.4. The lowest BCUT2D eigenvalue weighted by Gasteiger charge is -2.37. The zero-order chi connectivity index (χ0) is 22.4. The van der Waals surface area contributed by atoms with Crippen LogP contribution in [0.15, 0.2) is 36.4 Å². The molecule has 0 aromatic heterocycles. The van der Waals surface area contributed by atoms with Crippen LogP contribution in [-0.4, -0.2) is 62.0 Å². The minimum Gasteiger partial charge on any atom is -0.492 e. The number of nitrogens with zero attached hydrogens (tertiary/aromatic N) is 2. The van der Waals surface area contributed by atoms with E-state index in [4.69, 9.17) is 21.1 Å². The van der Waals surface area contributed by atoms with Gasteiger partial charge in [-0.25, -0.2) is 0 Å². The van der Waals surface area contributed by atoms with Crippen LogP contribution in [0.4, 0.5) is 5.69 Å². The lowest BCUT2D eigenvalue weighted by atomic mass is 10.0. The van der Waals surface area contributed by atoms with Crippen LogP contribution in [0.25, 0.3) is 0 Å². The standard InChI is InChI=1S/C25H35ClN2O3/c1-5-30-24-9-7-6-8-23(24)28-12-10-27(11-13-28)16-20(29)17-31-25-14-19(4)22(26)15-21(25)18(2)3/h6-9,14-15,18,20,29H,5,10-13,16-17H2,1-4H3/t20-/m1/s1. The number of piperazine rings is 1. The Hall–Kier alpha value is -1.95. The fraction of sp³-hybridized carbons (Fsp3) is 0.520. The predicted octanol–water partition coefficient (Wildman–Crippen LogP) is 4.73. The van der Waals surface area contributed by atoms with Gasteiger partial charge in [0.25, 0.3) is 0 Å². The number of aryl methyl sites for hydroxylation is 1. The van der Waals surface area contributed by atoms with E-state index in [1.165, 1.54) is 0 Å². The molecule has 1 N–H and O–H groups in total. The lowest BCUT2D eigenvalue weighted by molar-refractivity contribution is 0.0658. The first-order valence-corrected chi connectivity index (χ1v) is 11.6. The van der Waals surface area contributed by atoms with E-state index in [9.17, 15) is 5.11 Å². The van der Waals surface area contributed by atoms with Crippen molar-refractivity contribution in [2.45, 2.75) is 39.7 Å². The Morgan fingerprint density at radius 2 is 1.74 bits per heavy atom. The number of hydrogen-bond acceptors (Lipinski definition) is 5. The van der Waals surface area contributed by atoms with E-state index in [0.29, 0.717) is 19.1 Å². The second-order valence-electron chi connectivity index (χ2n) is 8.45. The molecule has 2 aromatic rings. The lowest BCUT2D eigenvalue weighted by Crippen LogP contribution is -2.49. The number of rotatable bonds is 9. The molecule has 0 bridgehead atoms. The zero-order valence-corrected chi connectivity index (χ0v) is 19.9. The van der Waals surface area contributed by atoms with Gasteiger partial charge in [0.05, 0.1) is 12.3 Å². The van der Waals surface area contributed by atoms with Gasteiger partial charge in [-0.05, 0) is 55.2 Å². The minimum absolute atomic E-state index is 0.272. The molecule has 3 rings (SSSR count). The molecule has 6 heteroatoms. The molecule has 0 saturated carbocycles. The highest BCUT2D eigenvalue weighted by Crippen LogP contribution is 2.32. The molecular formula is C25H35ClN2O3. The van der Waals surface area contributed by atoms with E-state index >= 15 is 0 Å². The van der Waals surface area contributed by atoms with Gasteiger partial charge in [-0.3, -0.25) is 4.90 Å². The van der Waals surface area contributed by atoms with Crippen LogP contribution < -0.4 is 14.4 Å². The van der Waals surface area contributed by atoms with Crippen LogP contribution >= 0.6 is 11.6 Å². The maximum Gasteiger partial charge on any atom is 0.142 e. The normalized spacial score (nSPS) is 15.9. The highest BCUT2D eigenvalue weighted by molar-refractivity contribution is 6.31. The molecule has 1 heterocycles. The first kappa shape index (κ1) is 23.7. The summed E-state index contributed by atoms with van der Waals surface area (Å²) in [4.78, 5) is 4.65. The highest BCUT2D eigenvalue weighted by Gasteiger charge is 2.22. The molecule has 0 radical (unpaired) electrons. The fourth-order valence-corrected chi connectivity index (χ4v) is 4.12. The summed E-state index contributed by atoms with van der Waals surface area (Å²) in [7, 11) is 0. The monoisotopic (exact) mass is 446 g/mol. The number of hydrogen-bond donors (Lipinski definition) is 1. The largest absolute Gasteiger partial charge is 0.492 e. The van der Waals surface area contributed by atoms with Crippen molar-refractivity contribution in [3.05, 3.63) is 52.5 Å². The van der Waals surface area contributed by atoms with E-state index in [0.717, 1.165) is 59.5 Å². The summed E-state index contributed by atoms with van der Waals surface area (Å²) in [5, 5.41) is 11.3. The summed E-state index contributed by atoms with van der Waals surface area (Å²) in [6.07, 6.45) is -0.543. The van der Waals surface area contributed by atoms with Crippen LogP contribution in [0.5, 0.6) is 11.5 Å². The van der Waals surface area contributed by atoms with Crippen molar-refractivity contribution in [3.63, 3.8) is 0 Å². The average Bonchev–Trinajstić information content (AvgIpc) is 2.75. The molecule has 0 aliphatic carbocycles. The highest BCUT2D eigenvalue weighted by atomic mass is 35.5. The summed E-state index contributed by atoms with van der Waals surface area (Å²) in [5.74, 6) is 2.05. The number of halogens is 1. The van der Waals surface area contributed by atoms with Crippen molar-refractivity contribution >= 4 is 17.3 Å². The average molecular weight is 447 g/mol. The Kier molecular flexibility index (Phi) is 8.47. The molecule has 0 spiro atoms. The molecule has 1 fully saturated rings. The second-order valence-corrected chi connectivity index (χ2v) is 8.85. The van der Waals surface area contributed by atoms with Crippen molar-refractivity contribution in [1.82, 2.24) is 4.90 Å². The second kappa shape index (κ2) is 11.1. The van der Waals surface area contributed by atoms with Crippen LogP contribution in [-0.2, 0) is 0 Å². The van der Waals surface area contributed by atoms with Crippen molar-refractivity contribution in [2.24, 2.45) is 0 Å². The molecule has 1 aliphatic heterocycles. The molecule has 5 nitrogen and oxygen atoms in total. The number of ether oxygens (including phenoxy) is 2. The Balaban J connectivity index is 1.51. The molecule has 0 amide bonds. The van der Waals surface area contributed by atoms with Crippen LogP contribution in [0.1, 0.15) is 37.8 Å². The number of benzene rings is 2. The smallest absolute Gasteiger partial charge is 0.142 e. The van der Waals surface area contributed by atoms with Gasteiger partial charge in [-0.2, -0.15) is 0 Å². The number of anilines is 1. The SMILES string of the molecule is CCOc1ccccc1N1CCN(C[C@@H](O)COc2cc(C)c(Cl)cc2C(C)C)CC1. The molecule has 0 unspecified atom stereocenters. The maximum atomic E-state index is 10.6. The first-order chi connectivity index (χ1) is 14.9. The van der Waals surface area contributed by atoms with Crippen molar-refractivity contribution < 1.29 is 14.6 Å². The van der Waals surface area contributed by atoms with Gasteiger partial charge in [-0.1, -0.05) is 37.6 Å². The van der Waals surface area contributed by atoms with E-state index in [2.05, 4.69) is 35.8 Å². The Morgan fingerprint density at radius 1 is 1.03 bits per heavy atom. The molecular weight excluding hydrogens is 412 g/mol. The third-order valence-corrected chi connectivity index (χ3v) is 6.10. The van der Waals surface area contributed by atoms with Gasteiger partial charge in [-0.15, -0.1) is 0 Å². The number of aliphatic hydroxyl groups is 1. The zero-order valence-electron chi connectivity index (χ0n) is 19.1. The maximum absolute atomic E-state index is 10.6. The van der Waals surface area contributed by atoms with Crippen molar-refractivity contribution in [2.75, 3.05) is 50.8 Å². The van der Waals surface area contributed by atoms with Gasteiger partial charge >= 0.3 is 0 Å². The predicted molar refractivity (Wildman–Crippen MR) is 128 cm³/mol. The molecule has 1 saturated heterocycles. The third kappa shape index (κ3) is 6.28. The number of para-hydroxylation sites is 2. The van der Waals surface area contributed by atoms with Gasteiger partial charge in [0.15, 0.2) is 0 Å². The Bertz CT molecular complexity index is 851. The molecule has 170 valence electrons. The third-order valence-electron chi connectivity index (χ3n) is 5.69. The van der Waals surface area contributed by atoms with Crippen LogP contribution in [0.3, 0.4) is 0 Å². The molecule has 1 atom stereocenters. The first-order valence-electron chi connectivity index (χ1n) is 11.2. The number of aliphatic hydroxyl groups excluding tert-OH is 1. The van der Waals surface area contributed by atoms with Gasteiger partial charge in [0, 0.05) is 37.7 Å². The van der Waals surface area contributed by atoms with Gasteiger partial charge in [0.2, 0.25) is 0 Å². The van der Waals surface area contributed by atoms with Crippen LogP contribution in [0.2, 0.25) is 5.02 Å². The van der Waals surface area contributed by atoms with E-state index in [1.54, 1.807) is 0 Å². The van der Waals surface area contributed by atoms with Gasteiger partial charge < -0.3 is 19.5 Å². The van der Waals surface area contributed by atoms with Crippen molar-refractivity contribution in [1.29, 1.82) is 0 Å². The molecule has 1 aliphatic rings. The van der Waals surface area contributed by atoms with E-state index in [-0.39, 0.29) is 6.61 Å². The molecule has 2 aromatic carbocycles. The van der Waals surface area contributed by atoms with Gasteiger partial charge in [0.1, 0.15) is 24.2 Å². The van der Waals surface area contributed by atoms with E-state index in [1.807, 2.05) is 38.1 Å². The number of β-amino-alcohol motifs (C(OH)–C–C–N with tert-alkyl or cyclic N) is 1. The Labute approximate surface area is 191 Å². The fourth-order valence-electron chi connectivity index (χ4n) is 3.95. The summed E-state index contributed by atoms with van der Waals surface area (Å²) in [6, 6.07) is 12.1. The van der Waals surface area contributed by atoms with Crippen LogP contribution in [0, 0.1) is 6.92 Å². The Morgan fingerprint density at radius 3 is 2.42 bits per heavy atom. The summed E-state index contributed by atoms with van der Waals surface area (Å²) >= 11 is 6.28. The quantitative estimate of drug-likeness (QED) is 0.603. The topological polar surface area (TPSA) is 45.2 Å². The summed E-state index contributed by atoms with van der Waals surface area (Å²) in [5.41, 5.74) is 3.20. The molecule has 31 heavy (non-hydrogen) atoms. The van der Waals surface area contributed by atoms with E-state index < -0.39 is 6.10 Å². The van der Waals surface area contributed by atoms with Crippen molar-refractivity contribution in [3.8, 4) is 11.5 Å². The minimum atomic E-state index is -0.543. The summed E-state index contributed by atoms with van der Waals surface area (Å²) < 4.78 is 11.8.